The van der Waals surface area contributed by atoms with Crippen LogP contribution in [0, 0.1) is 5.92 Å². The Kier molecular flexibility index (Phi) is 3.36. The number of carbonyl (C=O) groups is 1. The quantitative estimate of drug-likeness (QED) is 0.671. The molecule has 1 aliphatic heterocycles. The van der Waals surface area contributed by atoms with E-state index in [4.69, 9.17) is 5.73 Å². The molecule has 0 radical (unpaired) electrons. The van der Waals surface area contributed by atoms with Crippen LogP contribution in [-0.4, -0.2) is 17.3 Å². The molecule has 0 saturated carbocycles. The van der Waals surface area contributed by atoms with Crippen molar-refractivity contribution in [2.24, 2.45) is 5.92 Å². The number of rotatable bonds is 2. The third-order valence-electron chi connectivity index (χ3n) is 2.58. The number of halogens is 1. The second kappa shape index (κ2) is 4.58. The number of Topliss-reactive ketones (excluding diaryl/α,β-unsaturated/α-hetero) is 1. The normalized spacial score (nSPS) is 20.5. The van der Waals surface area contributed by atoms with Crippen molar-refractivity contribution in [3.05, 3.63) is 28.2 Å². The van der Waals surface area contributed by atoms with E-state index in [9.17, 15) is 4.79 Å². The van der Waals surface area contributed by atoms with Crippen LogP contribution in [0.25, 0.3) is 0 Å². The summed E-state index contributed by atoms with van der Waals surface area (Å²) in [7, 11) is 0. The standard InChI is InChI=1S/C11H12BrNOS/c12-8-1-2-10(13)9(5-8)11(14)7-3-4-15-6-7/h1-2,5,7H,3-4,6,13H2. The van der Waals surface area contributed by atoms with Crippen LogP contribution in [0.15, 0.2) is 22.7 Å². The SMILES string of the molecule is Nc1ccc(Br)cc1C(=O)C1CCSC1. The Morgan fingerprint density at radius 1 is 1.53 bits per heavy atom. The van der Waals surface area contributed by atoms with Gasteiger partial charge in [-0.15, -0.1) is 0 Å². The van der Waals surface area contributed by atoms with Crippen LogP contribution in [0.4, 0.5) is 5.69 Å². The first kappa shape index (κ1) is 11.0. The molecule has 1 atom stereocenters. The zero-order valence-electron chi connectivity index (χ0n) is 8.20. The fourth-order valence-corrected chi connectivity index (χ4v) is 3.28. The van der Waals surface area contributed by atoms with Crippen molar-refractivity contribution in [2.75, 3.05) is 17.2 Å². The number of hydrogen-bond donors (Lipinski definition) is 1. The molecule has 1 fully saturated rings. The van der Waals surface area contributed by atoms with E-state index in [1.54, 1.807) is 6.07 Å². The monoisotopic (exact) mass is 285 g/mol. The number of carbonyl (C=O) groups excluding carboxylic acids is 1. The molecule has 15 heavy (non-hydrogen) atoms. The van der Waals surface area contributed by atoms with Gasteiger partial charge in [0.2, 0.25) is 0 Å². The van der Waals surface area contributed by atoms with E-state index < -0.39 is 0 Å². The van der Waals surface area contributed by atoms with Crippen molar-refractivity contribution in [1.82, 2.24) is 0 Å². The van der Waals surface area contributed by atoms with Crippen LogP contribution < -0.4 is 5.73 Å². The van der Waals surface area contributed by atoms with Gasteiger partial charge in [-0.3, -0.25) is 4.79 Å². The van der Waals surface area contributed by atoms with E-state index in [2.05, 4.69) is 15.9 Å². The molecule has 1 heterocycles. The van der Waals surface area contributed by atoms with Gasteiger partial charge in [0.25, 0.3) is 0 Å². The third kappa shape index (κ3) is 2.37. The summed E-state index contributed by atoms with van der Waals surface area (Å²) in [6.45, 7) is 0. The minimum atomic E-state index is 0.159. The smallest absolute Gasteiger partial charge is 0.168 e. The lowest BCUT2D eigenvalue weighted by molar-refractivity contribution is 0.0934. The lowest BCUT2D eigenvalue weighted by Gasteiger charge is -2.09. The Morgan fingerprint density at radius 2 is 2.33 bits per heavy atom. The minimum Gasteiger partial charge on any atom is -0.398 e. The second-order valence-electron chi connectivity index (χ2n) is 3.66. The Bertz CT molecular complexity index is 388. The molecular formula is C11H12BrNOS. The average molecular weight is 286 g/mol. The molecule has 80 valence electrons. The Hall–Kier alpha value is -0.480. The summed E-state index contributed by atoms with van der Waals surface area (Å²) in [5.74, 6) is 2.38. The Morgan fingerprint density at radius 3 is 3.00 bits per heavy atom. The van der Waals surface area contributed by atoms with Gasteiger partial charge in [0, 0.05) is 27.4 Å². The molecule has 2 N–H and O–H groups in total. The average Bonchev–Trinajstić information content (AvgIpc) is 2.74. The van der Waals surface area contributed by atoms with Crippen molar-refractivity contribution in [2.45, 2.75) is 6.42 Å². The number of thioether (sulfide) groups is 1. The predicted octanol–water partition coefficient (Wildman–Crippen LogP) is 2.97. The summed E-state index contributed by atoms with van der Waals surface area (Å²) in [4.78, 5) is 12.1. The fraction of sp³-hybridized carbons (Fsp3) is 0.364. The Labute approximate surface area is 102 Å². The first-order valence-electron chi connectivity index (χ1n) is 4.85. The van der Waals surface area contributed by atoms with Crippen molar-refractivity contribution >= 4 is 39.2 Å². The first-order valence-corrected chi connectivity index (χ1v) is 6.80. The molecule has 1 aliphatic rings. The molecule has 0 spiro atoms. The van der Waals surface area contributed by atoms with Gasteiger partial charge >= 0.3 is 0 Å². The van der Waals surface area contributed by atoms with Crippen molar-refractivity contribution in [3.63, 3.8) is 0 Å². The van der Waals surface area contributed by atoms with Gasteiger partial charge in [0.1, 0.15) is 0 Å². The highest BCUT2D eigenvalue weighted by atomic mass is 79.9. The molecule has 0 aromatic heterocycles. The van der Waals surface area contributed by atoms with Gasteiger partial charge in [-0.05, 0) is 30.4 Å². The maximum absolute atomic E-state index is 12.1. The second-order valence-corrected chi connectivity index (χ2v) is 5.72. The van der Waals surface area contributed by atoms with E-state index in [1.165, 1.54) is 0 Å². The Balaban J connectivity index is 2.27. The lowest BCUT2D eigenvalue weighted by atomic mass is 9.96. The maximum Gasteiger partial charge on any atom is 0.168 e. The molecule has 2 nitrogen and oxygen atoms in total. The first-order chi connectivity index (χ1) is 7.18. The zero-order chi connectivity index (χ0) is 10.8. The van der Waals surface area contributed by atoms with Gasteiger partial charge < -0.3 is 5.73 Å². The number of nitrogens with two attached hydrogens (primary N) is 1. The van der Waals surface area contributed by atoms with Crippen LogP contribution in [-0.2, 0) is 0 Å². The lowest BCUT2D eigenvalue weighted by Crippen LogP contribution is -2.15. The van der Waals surface area contributed by atoms with Crippen molar-refractivity contribution in [3.8, 4) is 0 Å². The predicted molar refractivity (Wildman–Crippen MR) is 68.3 cm³/mol. The molecule has 0 aliphatic carbocycles. The molecule has 2 rings (SSSR count). The largest absolute Gasteiger partial charge is 0.398 e. The third-order valence-corrected chi connectivity index (χ3v) is 4.24. The van der Waals surface area contributed by atoms with Crippen LogP contribution in [0.1, 0.15) is 16.8 Å². The highest BCUT2D eigenvalue weighted by molar-refractivity contribution is 9.10. The minimum absolute atomic E-state index is 0.159. The van der Waals surface area contributed by atoms with Crippen LogP contribution in [0.5, 0.6) is 0 Å². The van der Waals surface area contributed by atoms with Crippen molar-refractivity contribution < 1.29 is 4.79 Å². The maximum atomic E-state index is 12.1. The molecule has 4 heteroatoms. The summed E-state index contributed by atoms with van der Waals surface area (Å²) >= 11 is 5.20. The van der Waals surface area contributed by atoms with Gasteiger partial charge in [-0.25, -0.2) is 0 Å². The van der Waals surface area contributed by atoms with Gasteiger partial charge in [-0.1, -0.05) is 15.9 Å². The highest BCUT2D eigenvalue weighted by Gasteiger charge is 2.25. The summed E-state index contributed by atoms with van der Waals surface area (Å²) < 4.78 is 0.908. The molecular weight excluding hydrogens is 274 g/mol. The van der Waals surface area contributed by atoms with Gasteiger partial charge in [0.05, 0.1) is 0 Å². The van der Waals surface area contributed by atoms with E-state index >= 15 is 0 Å². The number of hydrogen-bond acceptors (Lipinski definition) is 3. The zero-order valence-corrected chi connectivity index (χ0v) is 10.6. The summed E-state index contributed by atoms with van der Waals surface area (Å²) in [5, 5.41) is 0. The van der Waals surface area contributed by atoms with E-state index in [1.807, 2.05) is 23.9 Å². The summed E-state index contributed by atoms with van der Waals surface area (Å²) in [6, 6.07) is 5.45. The van der Waals surface area contributed by atoms with Gasteiger partial charge in [-0.2, -0.15) is 11.8 Å². The molecule has 1 unspecified atom stereocenters. The molecule has 1 aromatic rings. The van der Waals surface area contributed by atoms with Crippen LogP contribution in [0.2, 0.25) is 0 Å². The number of ketones is 1. The van der Waals surface area contributed by atoms with E-state index in [0.717, 1.165) is 22.4 Å². The molecule has 1 saturated heterocycles. The molecule has 1 aromatic carbocycles. The van der Waals surface area contributed by atoms with E-state index in [0.29, 0.717) is 11.3 Å². The van der Waals surface area contributed by atoms with Crippen LogP contribution >= 0.6 is 27.7 Å². The highest BCUT2D eigenvalue weighted by Crippen LogP contribution is 2.29. The molecule has 0 amide bonds. The number of anilines is 1. The van der Waals surface area contributed by atoms with Crippen molar-refractivity contribution in [1.29, 1.82) is 0 Å². The topological polar surface area (TPSA) is 43.1 Å². The van der Waals surface area contributed by atoms with Crippen LogP contribution in [0.3, 0.4) is 0 Å². The summed E-state index contributed by atoms with van der Waals surface area (Å²) in [5.41, 5.74) is 7.06. The van der Waals surface area contributed by atoms with Gasteiger partial charge in [0.15, 0.2) is 5.78 Å². The summed E-state index contributed by atoms with van der Waals surface area (Å²) in [6.07, 6.45) is 0.982. The fourth-order valence-electron chi connectivity index (χ4n) is 1.70. The number of nitrogen functional groups attached to an aromatic ring is 1. The van der Waals surface area contributed by atoms with E-state index in [-0.39, 0.29) is 11.7 Å². The molecule has 0 bridgehead atoms. The number of benzene rings is 1.